The van der Waals surface area contributed by atoms with Gasteiger partial charge in [-0.2, -0.15) is 0 Å². The van der Waals surface area contributed by atoms with Gasteiger partial charge in [0, 0.05) is 18.2 Å². The molecule has 102 valence electrons. The van der Waals surface area contributed by atoms with Crippen molar-refractivity contribution in [2.45, 2.75) is 38.6 Å². The minimum Gasteiger partial charge on any atom is -0.495 e. The van der Waals surface area contributed by atoms with Gasteiger partial charge in [-0.3, -0.25) is 0 Å². The molecule has 1 atom stereocenters. The van der Waals surface area contributed by atoms with Crippen LogP contribution in [0.2, 0.25) is 5.02 Å². The van der Waals surface area contributed by atoms with Crippen molar-refractivity contribution in [3.8, 4) is 5.75 Å². The zero-order valence-corrected chi connectivity index (χ0v) is 12.3. The Bertz CT molecular complexity index is 419. The summed E-state index contributed by atoms with van der Waals surface area (Å²) in [5, 5.41) is 0.593. The van der Waals surface area contributed by atoms with Crippen LogP contribution in [-0.4, -0.2) is 13.7 Å². The van der Waals surface area contributed by atoms with Gasteiger partial charge in [-0.15, -0.1) is 0 Å². The molecule has 0 aliphatic heterocycles. The van der Waals surface area contributed by atoms with Gasteiger partial charge in [-0.05, 0) is 29.5 Å². The number of nitrogens with two attached hydrogens (primary N) is 2. The minimum atomic E-state index is -0.259. The van der Waals surface area contributed by atoms with E-state index in [2.05, 4.69) is 26.8 Å². The van der Waals surface area contributed by atoms with Crippen LogP contribution in [0.25, 0.3) is 0 Å². The molecule has 0 amide bonds. The molecule has 0 spiro atoms. The number of methoxy groups -OCH3 is 1. The lowest BCUT2D eigenvalue weighted by Gasteiger charge is -2.26. The Hall–Kier alpha value is -0.770. The molecule has 0 aliphatic rings. The van der Waals surface area contributed by atoms with E-state index in [-0.39, 0.29) is 11.5 Å². The van der Waals surface area contributed by atoms with Crippen molar-refractivity contribution < 1.29 is 4.74 Å². The maximum absolute atomic E-state index is 6.28. The average molecular weight is 271 g/mol. The highest BCUT2D eigenvalue weighted by molar-refractivity contribution is 6.32. The summed E-state index contributed by atoms with van der Waals surface area (Å²) in [4.78, 5) is 0. The Labute approximate surface area is 114 Å². The molecule has 0 radical (unpaired) electrons. The van der Waals surface area contributed by atoms with Crippen molar-refractivity contribution >= 4 is 11.6 Å². The molecule has 0 fully saturated rings. The first-order valence-electron chi connectivity index (χ1n) is 6.21. The van der Waals surface area contributed by atoms with Crippen LogP contribution in [0.1, 0.15) is 44.4 Å². The number of hydrogen-bond donors (Lipinski definition) is 2. The van der Waals surface area contributed by atoms with E-state index in [9.17, 15) is 0 Å². The number of ether oxygens (including phenoxy) is 1. The van der Waals surface area contributed by atoms with Crippen LogP contribution in [-0.2, 0) is 5.41 Å². The fourth-order valence-electron chi connectivity index (χ4n) is 1.83. The predicted molar refractivity (Wildman–Crippen MR) is 77.3 cm³/mol. The third-order valence-corrected chi connectivity index (χ3v) is 3.88. The van der Waals surface area contributed by atoms with Crippen LogP contribution in [0.3, 0.4) is 0 Å². The third kappa shape index (κ3) is 2.97. The Morgan fingerprint density at radius 2 is 2.00 bits per heavy atom. The van der Waals surface area contributed by atoms with Crippen molar-refractivity contribution in [2.24, 2.45) is 11.5 Å². The van der Waals surface area contributed by atoms with Crippen LogP contribution < -0.4 is 16.2 Å². The lowest BCUT2D eigenvalue weighted by atomic mass is 9.81. The van der Waals surface area contributed by atoms with E-state index >= 15 is 0 Å². The summed E-state index contributed by atoms with van der Waals surface area (Å²) >= 11 is 6.28. The van der Waals surface area contributed by atoms with Crippen LogP contribution in [0.5, 0.6) is 5.75 Å². The number of benzene rings is 1. The van der Waals surface area contributed by atoms with Crippen molar-refractivity contribution in [3.63, 3.8) is 0 Å². The summed E-state index contributed by atoms with van der Waals surface area (Å²) < 4.78 is 5.33. The highest BCUT2D eigenvalue weighted by Crippen LogP contribution is 2.38. The summed E-state index contributed by atoms with van der Waals surface area (Å²) in [5.74, 6) is 0.630. The van der Waals surface area contributed by atoms with Crippen LogP contribution in [0.15, 0.2) is 12.1 Å². The van der Waals surface area contributed by atoms with Gasteiger partial charge in [0.05, 0.1) is 12.1 Å². The van der Waals surface area contributed by atoms with E-state index in [1.165, 1.54) is 0 Å². The fraction of sp³-hybridized carbons (Fsp3) is 0.571. The Morgan fingerprint density at radius 1 is 1.39 bits per heavy atom. The second-order valence-electron chi connectivity index (χ2n) is 5.16. The van der Waals surface area contributed by atoms with Gasteiger partial charge in [-0.25, -0.2) is 0 Å². The molecule has 18 heavy (non-hydrogen) atoms. The molecule has 0 aromatic heterocycles. The maximum Gasteiger partial charge on any atom is 0.142 e. The molecule has 1 aromatic rings. The molecule has 3 nitrogen and oxygen atoms in total. The first-order chi connectivity index (χ1) is 8.37. The molecule has 4 N–H and O–H groups in total. The van der Waals surface area contributed by atoms with Crippen molar-refractivity contribution in [1.82, 2.24) is 0 Å². The van der Waals surface area contributed by atoms with Crippen LogP contribution in [0, 0.1) is 0 Å². The zero-order valence-electron chi connectivity index (χ0n) is 11.6. The smallest absolute Gasteiger partial charge is 0.142 e. The normalized spacial score (nSPS) is 13.5. The molecule has 0 aliphatic carbocycles. The molecule has 4 heteroatoms. The van der Waals surface area contributed by atoms with Crippen molar-refractivity contribution in [1.29, 1.82) is 0 Å². The molecular weight excluding hydrogens is 248 g/mol. The third-order valence-electron chi connectivity index (χ3n) is 3.60. The van der Waals surface area contributed by atoms with Gasteiger partial charge >= 0.3 is 0 Å². The largest absolute Gasteiger partial charge is 0.495 e. The molecule has 0 saturated carbocycles. The topological polar surface area (TPSA) is 61.3 Å². The molecule has 1 aromatic carbocycles. The van der Waals surface area contributed by atoms with Crippen LogP contribution >= 0.6 is 11.6 Å². The first kappa shape index (κ1) is 15.3. The number of rotatable bonds is 5. The summed E-state index contributed by atoms with van der Waals surface area (Å²) in [5.41, 5.74) is 13.8. The summed E-state index contributed by atoms with van der Waals surface area (Å²) in [6.07, 6.45) is 1.02. The molecule has 0 bridgehead atoms. The van der Waals surface area contributed by atoms with E-state index in [0.717, 1.165) is 17.5 Å². The molecule has 1 unspecified atom stereocenters. The average Bonchev–Trinajstić information content (AvgIpc) is 2.36. The molecule has 0 saturated heterocycles. The lowest BCUT2D eigenvalue weighted by molar-refractivity contribution is 0.405. The van der Waals surface area contributed by atoms with Crippen LogP contribution in [0.4, 0.5) is 0 Å². The van der Waals surface area contributed by atoms with Gasteiger partial charge in [0.25, 0.3) is 0 Å². The molecule has 1 rings (SSSR count). The monoisotopic (exact) mass is 270 g/mol. The standard InChI is InChI=1S/C14H23ClN2O/c1-5-14(2,3)9-6-10(12(17)8-16)13(18-4)11(15)7-9/h6-7,12H,5,8,16-17H2,1-4H3. The Balaban J connectivity index is 3.39. The van der Waals surface area contributed by atoms with Gasteiger partial charge in [-0.1, -0.05) is 32.4 Å². The Morgan fingerprint density at radius 3 is 2.44 bits per heavy atom. The second-order valence-corrected chi connectivity index (χ2v) is 5.57. The van der Waals surface area contributed by atoms with E-state index in [1.54, 1.807) is 7.11 Å². The lowest BCUT2D eigenvalue weighted by Crippen LogP contribution is -2.23. The van der Waals surface area contributed by atoms with E-state index in [0.29, 0.717) is 17.3 Å². The van der Waals surface area contributed by atoms with Gasteiger partial charge in [0.2, 0.25) is 0 Å². The number of halogens is 1. The second kappa shape index (κ2) is 5.91. The fourth-order valence-corrected chi connectivity index (χ4v) is 2.13. The maximum atomic E-state index is 6.28. The highest BCUT2D eigenvalue weighted by Gasteiger charge is 2.23. The van der Waals surface area contributed by atoms with E-state index in [4.69, 9.17) is 27.8 Å². The number of hydrogen-bond acceptors (Lipinski definition) is 3. The highest BCUT2D eigenvalue weighted by atomic mass is 35.5. The van der Waals surface area contributed by atoms with Crippen molar-refractivity contribution in [3.05, 3.63) is 28.3 Å². The zero-order chi connectivity index (χ0) is 13.9. The van der Waals surface area contributed by atoms with Crippen molar-refractivity contribution in [2.75, 3.05) is 13.7 Å². The predicted octanol–water partition coefficient (Wildman–Crippen LogP) is 2.99. The van der Waals surface area contributed by atoms with Gasteiger partial charge < -0.3 is 16.2 Å². The summed E-state index contributed by atoms with van der Waals surface area (Å²) in [6.45, 7) is 6.88. The minimum absolute atomic E-state index is 0.0545. The van der Waals surface area contributed by atoms with E-state index in [1.807, 2.05) is 6.07 Å². The summed E-state index contributed by atoms with van der Waals surface area (Å²) in [7, 11) is 1.60. The quantitative estimate of drug-likeness (QED) is 0.865. The SMILES string of the molecule is CCC(C)(C)c1cc(Cl)c(OC)c(C(N)CN)c1. The Kier molecular flexibility index (Phi) is 5.02. The van der Waals surface area contributed by atoms with E-state index < -0.39 is 0 Å². The molecule has 0 heterocycles. The summed E-state index contributed by atoms with van der Waals surface area (Å²) in [6, 6.07) is 3.76. The first-order valence-corrected chi connectivity index (χ1v) is 6.58. The molecular formula is C14H23ClN2O. The van der Waals surface area contributed by atoms with Gasteiger partial charge in [0.1, 0.15) is 5.75 Å². The van der Waals surface area contributed by atoms with Gasteiger partial charge in [0.15, 0.2) is 0 Å².